The molecule has 8 aromatic rings. The van der Waals surface area contributed by atoms with Crippen LogP contribution in [0.25, 0.3) is 49.4 Å². The van der Waals surface area contributed by atoms with Gasteiger partial charge in [-0.15, -0.1) is 0 Å². The number of rotatable bonds is 3. The van der Waals surface area contributed by atoms with E-state index in [0.717, 1.165) is 11.4 Å². The van der Waals surface area contributed by atoms with Gasteiger partial charge >= 0.3 is 0 Å². The van der Waals surface area contributed by atoms with Gasteiger partial charge in [0.1, 0.15) is 0 Å². The van der Waals surface area contributed by atoms with Crippen LogP contribution >= 0.6 is 0 Å². The summed E-state index contributed by atoms with van der Waals surface area (Å²) in [7, 11) is 0. The number of benzene rings is 7. The van der Waals surface area contributed by atoms with Crippen molar-refractivity contribution in [3.63, 3.8) is 0 Å². The minimum absolute atomic E-state index is 0.0831. The summed E-state index contributed by atoms with van der Waals surface area (Å²) in [6.07, 6.45) is 0. The van der Waals surface area contributed by atoms with Gasteiger partial charge in [0.2, 0.25) is 0 Å². The van der Waals surface area contributed by atoms with Crippen LogP contribution in [0.5, 0.6) is 0 Å². The Hall–Kier alpha value is -5.60. The monoisotopic (exact) mass is 616 g/mol. The summed E-state index contributed by atoms with van der Waals surface area (Å²) >= 11 is 0. The smallest absolute Gasteiger partial charge is 0.0582 e. The number of aromatic nitrogens is 1. The molecule has 1 aromatic heterocycles. The van der Waals surface area contributed by atoms with E-state index in [1.54, 1.807) is 0 Å². The van der Waals surface area contributed by atoms with Crippen molar-refractivity contribution in [3.8, 4) is 16.8 Å². The molecule has 48 heavy (non-hydrogen) atoms. The zero-order valence-corrected chi connectivity index (χ0v) is 27.8. The Labute approximate surface area is 281 Å². The highest BCUT2D eigenvalue weighted by molar-refractivity contribution is 6.13. The van der Waals surface area contributed by atoms with Crippen LogP contribution in [0.4, 0.5) is 17.1 Å². The largest absolute Gasteiger partial charge is 0.310 e. The number of nitrogens with zero attached hydrogens (tertiary/aromatic N) is 2. The Balaban J connectivity index is 1.23. The molecule has 0 spiro atoms. The minimum Gasteiger partial charge on any atom is -0.310 e. The van der Waals surface area contributed by atoms with Crippen LogP contribution in [0, 0.1) is 0 Å². The van der Waals surface area contributed by atoms with Gasteiger partial charge in [0, 0.05) is 38.7 Å². The van der Waals surface area contributed by atoms with E-state index in [1.807, 2.05) is 0 Å². The first-order valence-corrected chi connectivity index (χ1v) is 17.0. The molecule has 2 heteroatoms. The lowest BCUT2D eigenvalue weighted by molar-refractivity contribution is 0.630. The van der Waals surface area contributed by atoms with Gasteiger partial charge in [0.25, 0.3) is 0 Å². The maximum Gasteiger partial charge on any atom is 0.0582 e. The first-order chi connectivity index (χ1) is 23.3. The highest BCUT2D eigenvalue weighted by Crippen LogP contribution is 2.52. The normalized spacial score (nSPS) is 15.0. The summed E-state index contributed by atoms with van der Waals surface area (Å²) < 4.78 is 2.50. The van der Waals surface area contributed by atoms with Crippen molar-refractivity contribution in [1.82, 2.24) is 4.57 Å². The summed E-state index contributed by atoms with van der Waals surface area (Å²) in [4.78, 5) is 2.45. The molecule has 2 aliphatic rings. The number of fused-ring (bicyclic) bond motifs is 9. The van der Waals surface area contributed by atoms with Crippen molar-refractivity contribution in [3.05, 3.63) is 168 Å². The second-order valence-electron chi connectivity index (χ2n) is 14.6. The maximum atomic E-state index is 2.50. The number of hydrogen-bond donors (Lipinski definition) is 0. The van der Waals surface area contributed by atoms with E-state index in [1.165, 1.54) is 77.3 Å². The zero-order valence-electron chi connectivity index (χ0n) is 27.8. The molecule has 0 saturated carbocycles. The summed E-state index contributed by atoms with van der Waals surface area (Å²) in [6.45, 7) is 9.45. The molecular formula is C46H36N2. The molecule has 2 heterocycles. The molecule has 0 radical (unpaired) electrons. The van der Waals surface area contributed by atoms with Gasteiger partial charge < -0.3 is 9.47 Å². The van der Waals surface area contributed by atoms with Crippen LogP contribution in [-0.2, 0) is 10.8 Å². The van der Waals surface area contributed by atoms with Gasteiger partial charge in [0.15, 0.2) is 0 Å². The summed E-state index contributed by atoms with van der Waals surface area (Å²) in [5.74, 6) is 0. The van der Waals surface area contributed by atoms with Gasteiger partial charge in [-0.1, -0.05) is 125 Å². The topological polar surface area (TPSA) is 8.17 Å². The molecular weight excluding hydrogens is 581 g/mol. The Morgan fingerprint density at radius 3 is 1.94 bits per heavy atom. The van der Waals surface area contributed by atoms with Crippen molar-refractivity contribution < 1.29 is 0 Å². The molecule has 10 rings (SSSR count). The van der Waals surface area contributed by atoms with E-state index in [2.05, 4.69) is 183 Å². The molecule has 230 valence electrons. The van der Waals surface area contributed by atoms with E-state index in [-0.39, 0.29) is 10.8 Å². The molecule has 2 nitrogen and oxygen atoms in total. The van der Waals surface area contributed by atoms with E-state index >= 15 is 0 Å². The van der Waals surface area contributed by atoms with Gasteiger partial charge in [-0.2, -0.15) is 0 Å². The standard InChI is InChI=1S/C46H36N2/c1-45(2)38-16-8-7-14-34(38)35-24-22-33(28-41(35)45)47(31-21-20-29-12-5-6-13-30(29)26-31)32-23-25-42-37(27-32)36-15-11-18-40-44(36)48(42)43-19-10-9-17-39(43)46(40,3)4/h5-28H,1-4H3. The van der Waals surface area contributed by atoms with Crippen LogP contribution in [-0.4, -0.2) is 4.57 Å². The second-order valence-corrected chi connectivity index (χ2v) is 14.6. The van der Waals surface area contributed by atoms with Crippen LogP contribution in [0.3, 0.4) is 0 Å². The van der Waals surface area contributed by atoms with Gasteiger partial charge in [-0.25, -0.2) is 0 Å². The zero-order chi connectivity index (χ0) is 32.4. The van der Waals surface area contributed by atoms with Gasteiger partial charge in [-0.05, 0) is 92.7 Å². The predicted molar refractivity (Wildman–Crippen MR) is 203 cm³/mol. The van der Waals surface area contributed by atoms with E-state index in [9.17, 15) is 0 Å². The predicted octanol–water partition coefficient (Wildman–Crippen LogP) is 12.4. The fraction of sp³-hybridized carbons (Fsp3) is 0.130. The first-order valence-electron chi connectivity index (χ1n) is 17.0. The van der Waals surface area contributed by atoms with E-state index < -0.39 is 0 Å². The Morgan fingerprint density at radius 2 is 1.06 bits per heavy atom. The molecule has 1 aliphatic carbocycles. The van der Waals surface area contributed by atoms with Crippen molar-refractivity contribution in [1.29, 1.82) is 0 Å². The third-order valence-electron chi connectivity index (χ3n) is 11.3. The Morgan fingerprint density at radius 1 is 0.438 bits per heavy atom. The maximum absolute atomic E-state index is 2.50. The molecule has 0 bridgehead atoms. The third kappa shape index (κ3) is 3.58. The highest BCUT2D eigenvalue weighted by Gasteiger charge is 2.37. The number of anilines is 3. The fourth-order valence-corrected chi connectivity index (χ4v) is 8.89. The average molecular weight is 617 g/mol. The SMILES string of the molecule is CC1(C)c2ccccc2-c2ccc(N(c3ccc4ccccc4c3)c3ccc4c(c3)c3cccc5c3n4-c3ccccc3C5(C)C)cc21. The minimum atomic E-state index is -0.0881. The molecule has 0 unspecified atom stereocenters. The van der Waals surface area contributed by atoms with Gasteiger partial charge in [-0.3, -0.25) is 0 Å². The highest BCUT2D eigenvalue weighted by atomic mass is 15.1. The summed E-state index contributed by atoms with van der Waals surface area (Å²) in [5.41, 5.74) is 15.4. The van der Waals surface area contributed by atoms with E-state index in [4.69, 9.17) is 0 Å². The van der Waals surface area contributed by atoms with Crippen molar-refractivity contribution in [2.24, 2.45) is 0 Å². The number of hydrogen-bond acceptors (Lipinski definition) is 1. The molecule has 1 aliphatic heterocycles. The van der Waals surface area contributed by atoms with E-state index in [0.29, 0.717) is 0 Å². The Bertz CT molecular complexity index is 2630. The van der Waals surface area contributed by atoms with Gasteiger partial charge in [0.05, 0.1) is 16.7 Å². The lowest BCUT2D eigenvalue weighted by atomic mass is 9.75. The molecule has 7 aromatic carbocycles. The van der Waals surface area contributed by atoms with Crippen LogP contribution in [0.2, 0.25) is 0 Å². The second kappa shape index (κ2) is 9.49. The molecule has 0 fully saturated rings. The van der Waals surface area contributed by atoms with Crippen LogP contribution < -0.4 is 4.90 Å². The summed E-state index contributed by atoms with van der Waals surface area (Å²) in [5, 5.41) is 5.06. The average Bonchev–Trinajstić information content (AvgIpc) is 3.56. The lowest BCUT2D eigenvalue weighted by Gasteiger charge is -2.34. The third-order valence-corrected chi connectivity index (χ3v) is 11.3. The van der Waals surface area contributed by atoms with Crippen molar-refractivity contribution >= 4 is 49.6 Å². The lowest BCUT2D eigenvalue weighted by Crippen LogP contribution is -2.26. The van der Waals surface area contributed by atoms with Crippen molar-refractivity contribution in [2.75, 3.05) is 4.90 Å². The number of para-hydroxylation sites is 2. The van der Waals surface area contributed by atoms with Crippen LogP contribution in [0.15, 0.2) is 146 Å². The Kier molecular flexibility index (Phi) is 5.44. The first kappa shape index (κ1) is 27.5. The molecule has 0 saturated heterocycles. The van der Waals surface area contributed by atoms with Crippen LogP contribution in [0.1, 0.15) is 49.9 Å². The van der Waals surface area contributed by atoms with Crippen molar-refractivity contribution in [2.45, 2.75) is 38.5 Å². The molecule has 0 N–H and O–H groups in total. The summed E-state index contributed by atoms with van der Waals surface area (Å²) in [6, 6.07) is 54.3. The molecule has 0 amide bonds. The fourth-order valence-electron chi connectivity index (χ4n) is 8.89. The molecule has 0 atom stereocenters. The quantitative estimate of drug-likeness (QED) is 0.192.